The first kappa shape index (κ1) is 67.3. The lowest BCUT2D eigenvalue weighted by Crippen LogP contribution is -2.29. The largest absolute Gasteiger partial charge is 0.488 e. The molecular weight excluding hydrogens is 1440 g/mol. The molecule has 13 heteroatoms. The highest BCUT2D eigenvalue weighted by Crippen LogP contribution is 2.38. The Balaban J connectivity index is 0.000000142. The van der Waals surface area contributed by atoms with Gasteiger partial charge in [0.25, 0.3) is 0 Å². The standard InChI is InChI=1S/C54H34N4.C26H16Br2N4.C14H11BO2/c1-2-9-36(10-3-1)52-56-53(37-18-16-35(17-19-37)46-15-8-24-55-34-46)58-54(57-52)51-32-49(44-22-20-42-25-38-11-4-6-13-40(38)27-47(42)29-44)31-50(33-51)45-23-21-43-26-39-12-5-7-14-41(39)28-48(43)30-45;27-22-13-21(14-23(28)15-22)26-31-24(18-5-2-1-3-6-18)30-25(32-26)19-10-8-17(9-11-19)20-7-4-12-29-16-20;16-15(17)14-6-5-12-7-10-3-1-2-4-11(10)8-13(12)9-14/h1-34H;1-16H;1-9,16-17H. The van der Waals surface area contributed by atoms with Gasteiger partial charge in [0.2, 0.25) is 0 Å². The number of hydrogen-bond donors (Lipinski definition) is 2. The molecule has 0 amide bonds. The highest BCUT2D eigenvalue weighted by molar-refractivity contribution is 9.11. The van der Waals surface area contributed by atoms with Crippen molar-refractivity contribution in [3.8, 4) is 113 Å². The van der Waals surface area contributed by atoms with Crippen molar-refractivity contribution in [3.05, 3.63) is 367 Å². The topological polar surface area (TPSA) is 144 Å². The minimum Gasteiger partial charge on any atom is -0.423 e. The Labute approximate surface area is 634 Å². The monoisotopic (exact) mass is 1500 g/mol. The van der Waals surface area contributed by atoms with Gasteiger partial charge in [0, 0.05) is 67.1 Å². The van der Waals surface area contributed by atoms with Gasteiger partial charge in [-0.3, -0.25) is 9.97 Å². The van der Waals surface area contributed by atoms with E-state index in [0.717, 1.165) is 103 Å². The summed E-state index contributed by atoms with van der Waals surface area (Å²) in [6.07, 6.45) is 7.30. The summed E-state index contributed by atoms with van der Waals surface area (Å²) in [5.74, 6) is 3.73. The van der Waals surface area contributed by atoms with Crippen molar-refractivity contribution >= 4 is 109 Å². The average Bonchev–Trinajstić information content (AvgIpc) is 0.782. The van der Waals surface area contributed by atoms with Crippen LogP contribution in [0.15, 0.2) is 367 Å². The van der Waals surface area contributed by atoms with Crippen LogP contribution in [-0.4, -0.2) is 57.0 Å². The van der Waals surface area contributed by atoms with Gasteiger partial charge in [-0.05, 0) is 212 Å². The molecule has 0 fully saturated rings. The zero-order valence-electron chi connectivity index (χ0n) is 57.4. The van der Waals surface area contributed by atoms with Gasteiger partial charge in [-0.1, -0.05) is 268 Å². The highest BCUT2D eigenvalue weighted by Gasteiger charge is 2.19. The number of fused-ring (bicyclic) bond motifs is 6. The average molecular weight is 1510 g/mol. The van der Waals surface area contributed by atoms with E-state index >= 15 is 0 Å². The molecule has 15 aromatic carbocycles. The summed E-state index contributed by atoms with van der Waals surface area (Å²) in [7, 11) is -1.41. The molecule has 10 nitrogen and oxygen atoms in total. The number of rotatable bonds is 11. The molecule has 0 aliphatic rings. The summed E-state index contributed by atoms with van der Waals surface area (Å²) in [5.41, 5.74) is 14.8. The molecule has 0 spiro atoms. The first-order valence-electron chi connectivity index (χ1n) is 35.0. The lowest BCUT2D eigenvalue weighted by Gasteiger charge is -2.14. The number of hydrogen-bond acceptors (Lipinski definition) is 10. The van der Waals surface area contributed by atoms with Gasteiger partial charge in [-0.2, -0.15) is 0 Å². The second-order valence-electron chi connectivity index (χ2n) is 26.1. The van der Waals surface area contributed by atoms with Crippen LogP contribution in [0.4, 0.5) is 0 Å². The Morgan fingerprint density at radius 2 is 0.477 bits per heavy atom. The quantitative estimate of drug-likeness (QED) is 0.0949. The molecule has 0 atom stereocenters. The Morgan fingerprint density at radius 3 is 0.841 bits per heavy atom. The van der Waals surface area contributed by atoms with Gasteiger partial charge >= 0.3 is 7.12 Å². The molecule has 4 heterocycles. The summed E-state index contributed by atoms with van der Waals surface area (Å²) >= 11 is 7.12. The lowest BCUT2D eigenvalue weighted by atomic mass is 9.79. The van der Waals surface area contributed by atoms with E-state index in [1.165, 1.54) is 48.5 Å². The van der Waals surface area contributed by atoms with Crippen molar-refractivity contribution in [2.24, 2.45) is 0 Å². The van der Waals surface area contributed by atoms with Crippen molar-refractivity contribution < 1.29 is 10.0 Å². The number of nitrogens with zero attached hydrogens (tertiary/aromatic N) is 8. The molecule has 4 aromatic heterocycles. The second-order valence-corrected chi connectivity index (χ2v) is 28.0. The third-order valence-electron chi connectivity index (χ3n) is 19.0. The number of aromatic nitrogens is 8. The maximum absolute atomic E-state index is 9.15. The van der Waals surface area contributed by atoms with Gasteiger partial charge in [0.15, 0.2) is 34.9 Å². The number of benzene rings is 15. The maximum Gasteiger partial charge on any atom is 0.488 e. The molecule has 0 bridgehead atoms. The van der Waals surface area contributed by atoms with Gasteiger partial charge < -0.3 is 10.0 Å². The minimum atomic E-state index is -1.41. The van der Waals surface area contributed by atoms with E-state index in [1.54, 1.807) is 18.5 Å². The number of pyridine rings is 2. The Morgan fingerprint density at radius 1 is 0.196 bits per heavy atom. The fraction of sp³-hybridized carbons (Fsp3) is 0. The zero-order chi connectivity index (χ0) is 72.2. The maximum atomic E-state index is 9.15. The van der Waals surface area contributed by atoms with Crippen LogP contribution in [0.1, 0.15) is 0 Å². The molecule has 0 unspecified atom stereocenters. The van der Waals surface area contributed by atoms with Crippen LogP contribution in [-0.2, 0) is 0 Å². The first-order chi connectivity index (χ1) is 52.6. The molecule has 19 rings (SSSR count). The van der Waals surface area contributed by atoms with Crippen LogP contribution in [0.2, 0.25) is 0 Å². The molecule has 19 aromatic rings. The molecule has 506 valence electrons. The summed E-state index contributed by atoms with van der Waals surface area (Å²) < 4.78 is 1.90. The molecule has 107 heavy (non-hydrogen) atoms. The molecular formula is C94H61BBr2N8O2. The van der Waals surface area contributed by atoms with Crippen LogP contribution >= 0.6 is 31.9 Å². The van der Waals surface area contributed by atoms with E-state index in [1.807, 2.05) is 146 Å². The Kier molecular flexibility index (Phi) is 18.9. The smallest absolute Gasteiger partial charge is 0.423 e. The van der Waals surface area contributed by atoms with Crippen LogP contribution in [0.5, 0.6) is 0 Å². The summed E-state index contributed by atoms with van der Waals surface area (Å²) in [5, 5.41) is 32.5. The Hall–Kier alpha value is -12.9. The highest BCUT2D eigenvalue weighted by atomic mass is 79.9. The summed E-state index contributed by atoms with van der Waals surface area (Å²) in [6.45, 7) is 0. The third kappa shape index (κ3) is 15.0. The van der Waals surface area contributed by atoms with Gasteiger partial charge in [0.05, 0.1) is 0 Å². The molecule has 0 aliphatic heterocycles. The van der Waals surface area contributed by atoms with E-state index in [0.29, 0.717) is 40.4 Å². The Bertz CT molecular complexity index is 6350. The van der Waals surface area contributed by atoms with Crippen LogP contribution in [0.25, 0.3) is 177 Å². The molecule has 0 saturated carbocycles. The van der Waals surface area contributed by atoms with Crippen molar-refractivity contribution in [3.63, 3.8) is 0 Å². The minimum absolute atomic E-state index is 0.521. The fourth-order valence-corrected chi connectivity index (χ4v) is 14.8. The summed E-state index contributed by atoms with van der Waals surface area (Å²) in [4.78, 5) is 38.3. The van der Waals surface area contributed by atoms with Crippen molar-refractivity contribution in [1.82, 2.24) is 39.9 Å². The van der Waals surface area contributed by atoms with Gasteiger partial charge in [0.1, 0.15) is 0 Å². The van der Waals surface area contributed by atoms with E-state index < -0.39 is 7.12 Å². The van der Waals surface area contributed by atoms with Crippen LogP contribution in [0, 0.1) is 0 Å². The van der Waals surface area contributed by atoms with Gasteiger partial charge in [-0.15, -0.1) is 0 Å². The van der Waals surface area contributed by atoms with Crippen LogP contribution < -0.4 is 5.46 Å². The first-order valence-corrected chi connectivity index (χ1v) is 36.6. The van der Waals surface area contributed by atoms with E-state index in [-0.39, 0.29) is 0 Å². The number of halogens is 2. The fourth-order valence-electron chi connectivity index (χ4n) is 13.5. The predicted octanol–water partition coefficient (Wildman–Crippen LogP) is 23.0. The van der Waals surface area contributed by atoms with E-state index in [4.69, 9.17) is 40.0 Å². The van der Waals surface area contributed by atoms with E-state index in [9.17, 15) is 0 Å². The van der Waals surface area contributed by atoms with Gasteiger partial charge in [-0.25, -0.2) is 29.9 Å². The molecule has 2 N–H and O–H groups in total. The van der Waals surface area contributed by atoms with Crippen molar-refractivity contribution in [1.29, 1.82) is 0 Å². The third-order valence-corrected chi connectivity index (χ3v) is 19.9. The molecule has 0 radical (unpaired) electrons. The zero-order valence-corrected chi connectivity index (χ0v) is 60.5. The van der Waals surface area contributed by atoms with Crippen molar-refractivity contribution in [2.45, 2.75) is 0 Å². The summed E-state index contributed by atoms with van der Waals surface area (Å²) in [6, 6.07) is 115. The SMILES string of the molecule is Brc1cc(Br)cc(-c2nc(-c3ccccc3)nc(-c3ccc(-c4cccnc4)cc3)n2)c1.OB(O)c1ccc2cc3ccccc3cc2c1.c1ccc(-c2nc(-c3ccc(-c4cccnc4)cc3)nc(-c3cc(-c4ccc5cc6ccccc6cc5c4)cc(-c4ccc5cc6ccccc6cc5c4)c3)n2)cc1. The second kappa shape index (κ2) is 30.1. The molecule has 0 saturated heterocycles. The lowest BCUT2D eigenvalue weighted by molar-refractivity contribution is 0.426. The van der Waals surface area contributed by atoms with E-state index in [2.05, 4.69) is 236 Å². The van der Waals surface area contributed by atoms with Crippen LogP contribution in [0.3, 0.4) is 0 Å². The van der Waals surface area contributed by atoms with Crippen molar-refractivity contribution in [2.75, 3.05) is 0 Å². The molecule has 0 aliphatic carbocycles. The normalized spacial score (nSPS) is 11.2. The predicted molar refractivity (Wildman–Crippen MR) is 446 cm³/mol.